The summed E-state index contributed by atoms with van der Waals surface area (Å²) in [5.74, 6) is 3.60. The molecule has 2 saturated heterocycles. The first-order valence-corrected chi connectivity index (χ1v) is 14.4. The minimum Gasteiger partial charge on any atom is -0.380 e. The number of piperidine rings is 1. The van der Waals surface area contributed by atoms with Crippen molar-refractivity contribution in [2.24, 2.45) is 5.92 Å². The number of anilines is 1. The van der Waals surface area contributed by atoms with E-state index in [1.165, 1.54) is 30.4 Å². The summed E-state index contributed by atoms with van der Waals surface area (Å²) in [6.45, 7) is 15.0. The minimum atomic E-state index is 0.575. The van der Waals surface area contributed by atoms with E-state index in [2.05, 4.69) is 49.8 Å². The Balaban J connectivity index is 1.33. The van der Waals surface area contributed by atoms with E-state index in [1.807, 2.05) is 23.9 Å². The van der Waals surface area contributed by atoms with Gasteiger partial charge in [0, 0.05) is 44.3 Å². The van der Waals surface area contributed by atoms with Crippen LogP contribution in [0.15, 0.2) is 24.4 Å². The molecule has 0 spiro atoms. The van der Waals surface area contributed by atoms with Crippen molar-refractivity contribution in [2.45, 2.75) is 65.3 Å². The number of benzene rings is 1. The molecular weight excluding hydrogens is 476 g/mol. The zero-order valence-corrected chi connectivity index (χ0v) is 23.8. The fourth-order valence-electron chi connectivity index (χ4n) is 5.77. The van der Waals surface area contributed by atoms with Gasteiger partial charge in [-0.05, 0) is 81.3 Å². The molecule has 0 aliphatic carbocycles. The predicted octanol–water partition coefficient (Wildman–Crippen LogP) is 4.90. The smallest absolute Gasteiger partial charge is 0.159 e. The average Bonchev–Trinajstić information content (AvgIpc) is 3.60. The molecule has 0 N–H and O–H groups in total. The van der Waals surface area contributed by atoms with Gasteiger partial charge in [0.2, 0.25) is 0 Å². The number of ether oxygens (including phenoxy) is 2. The second-order valence-corrected chi connectivity index (χ2v) is 11.3. The lowest BCUT2D eigenvalue weighted by molar-refractivity contribution is 0.109. The van der Waals surface area contributed by atoms with Crippen LogP contribution in [0.3, 0.4) is 0 Å². The van der Waals surface area contributed by atoms with E-state index >= 15 is 0 Å². The standard InChI is InChI=1S/C30H44N6O2/c1-6-21(2)19-38-14-12-34(5)29-17-30(33-23(4)32-29)36-28-16-27(22(3)15-25(28)18-31-36)24-7-10-35(11-8-24)26-9-13-37-20-26/h15-18,21,24,26H,6-14,19-20H2,1-5H3. The Hall–Kier alpha value is -2.55. The number of rotatable bonds is 10. The number of aromatic nitrogens is 4. The van der Waals surface area contributed by atoms with Crippen LogP contribution in [-0.2, 0) is 9.47 Å². The zero-order chi connectivity index (χ0) is 26.6. The van der Waals surface area contributed by atoms with Gasteiger partial charge >= 0.3 is 0 Å². The van der Waals surface area contributed by atoms with Crippen LogP contribution in [-0.4, -0.2) is 83.8 Å². The fourth-order valence-corrected chi connectivity index (χ4v) is 5.77. The van der Waals surface area contributed by atoms with Gasteiger partial charge in [-0.15, -0.1) is 0 Å². The van der Waals surface area contributed by atoms with Crippen LogP contribution >= 0.6 is 0 Å². The van der Waals surface area contributed by atoms with Crippen LogP contribution in [0.25, 0.3) is 16.7 Å². The molecule has 8 heteroatoms. The molecule has 2 aliphatic heterocycles. The lowest BCUT2D eigenvalue weighted by Crippen LogP contribution is -2.41. The predicted molar refractivity (Wildman–Crippen MR) is 152 cm³/mol. The normalized spacial score (nSPS) is 19.9. The summed E-state index contributed by atoms with van der Waals surface area (Å²) in [5, 5.41) is 5.91. The van der Waals surface area contributed by atoms with Gasteiger partial charge in [-0.3, -0.25) is 4.90 Å². The zero-order valence-electron chi connectivity index (χ0n) is 23.8. The Morgan fingerprint density at radius 3 is 2.68 bits per heavy atom. The largest absolute Gasteiger partial charge is 0.380 e. The first-order chi connectivity index (χ1) is 18.4. The molecule has 5 rings (SSSR count). The number of hydrogen-bond donors (Lipinski definition) is 0. The van der Waals surface area contributed by atoms with Crippen molar-refractivity contribution in [3.8, 4) is 5.82 Å². The molecule has 0 saturated carbocycles. The number of hydrogen-bond acceptors (Lipinski definition) is 7. The van der Waals surface area contributed by atoms with Crippen molar-refractivity contribution in [3.63, 3.8) is 0 Å². The topological polar surface area (TPSA) is 68.5 Å². The van der Waals surface area contributed by atoms with E-state index in [4.69, 9.17) is 24.5 Å². The quantitative estimate of drug-likeness (QED) is 0.352. The molecule has 2 fully saturated rings. The molecule has 0 amide bonds. The maximum Gasteiger partial charge on any atom is 0.159 e. The molecule has 3 aromatic rings. The molecule has 8 nitrogen and oxygen atoms in total. The summed E-state index contributed by atoms with van der Waals surface area (Å²) in [4.78, 5) is 14.3. The molecule has 2 aromatic heterocycles. The van der Waals surface area contributed by atoms with E-state index in [1.54, 1.807) is 0 Å². The van der Waals surface area contributed by atoms with Crippen LogP contribution in [0.1, 0.15) is 62.4 Å². The van der Waals surface area contributed by atoms with Gasteiger partial charge in [0.25, 0.3) is 0 Å². The Morgan fingerprint density at radius 1 is 1.13 bits per heavy atom. The summed E-state index contributed by atoms with van der Waals surface area (Å²) in [6.07, 6.45) is 6.65. The summed E-state index contributed by atoms with van der Waals surface area (Å²) < 4.78 is 13.5. The molecule has 0 radical (unpaired) electrons. The third kappa shape index (κ3) is 6.03. The van der Waals surface area contributed by atoms with Gasteiger partial charge in [-0.2, -0.15) is 5.10 Å². The summed E-state index contributed by atoms with van der Waals surface area (Å²) in [5.41, 5.74) is 3.92. The summed E-state index contributed by atoms with van der Waals surface area (Å²) in [7, 11) is 2.06. The lowest BCUT2D eigenvalue weighted by atomic mass is 9.86. The number of aryl methyl sites for hydroxylation is 2. The Labute approximate surface area is 227 Å². The van der Waals surface area contributed by atoms with Gasteiger partial charge in [-0.25, -0.2) is 14.6 Å². The lowest BCUT2D eigenvalue weighted by Gasteiger charge is -2.36. The maximum absolute atomic E-state index is 5.87. The fraction of sp³-hybridized carbons (Fsp3) is 0.633. The van der Waals surface area contributed by atoms with Crippen molar-refractivity contribution in [3.05, 3.63) is 41.3 Å². The summed E-state index contributed by atoms with van der Waals surface area (Å²) in [6, 6.07) is 7.30. The molecular formula is C30H44N6O2. The number of likely N-dealkylation sites (N-methyl/N-ethyl adjacent to an activating group) is 1. The molecule has 0 bridgehead atoms. The van der Waals surface area contributed by atoms with E-state index in [0.717, 1.165) is 74.2 Å². The monoisotopic (exact) mass is 520 g/mol. The Morgan fingerprint density at radius 2 is 1.95 bits per heavy atom. The molecule has 4 heterocycles. The average molecular weight is 521 g/mol. The van der Waals surface area contributed by atoms with Crippen molar-refractivity contribution < 1.29 is 9.47 Å². The Kier molecular flexibility index (Phi) is 8.61. The van der Waals surface area contributed by atoms with E-state index in [0.29, 0.717) is 24.5 Å². The van der Waals surface area contributed by atoms with Gasteiger partial charge in [0.05, 0.1) is 24.9 Å². The van der Waals surface area contributed by atoms with Gasteiger partial charge in [0.1, 0.15) is 11.6 Å². The van der Waals surface area contributed by atoms with Crippen molar-refractivity contribution in [1.82, 2.24) is 24.6 Å². The third-order valence-corrected chi connectivity index (χ3v) is 8.44. The van der Waals surface area contributed by atoms with Crippen molar-refractivity contribution in [1.29, 1.82) is 0 Å². The molecule has 2 aliphatic rings. The Bertz CT molecular complexity index is 1210. The van der Waals surface area contributed by atoms with Crippen molar-refractivity contribution in [2.75, 3.05) is 58.0 Å². The molecule has 2 unspecified atom stereocenters. The third-order valence-electron chi connectivity index (χ3n) is 8.44. The van der Waals surface area contributed by atoms with Gasteiger partial charge in [0.15, 0.2) is 5.82 Å². The number of nitrogens with zero attached hydrogens (tertiary/aromatic N) is 6. The number of likely N-dealkylation sites (tertiary alicyclic amines) is 1. The van der Waals surface area contributed by atoms with Gasteiger partial charge in [-0.1, -0.05) is 20.3 Å². The second kappa shape index (κ2) is 12.1. The van der Waals surface area contributed by atoms with Crippen LogP contribution < -0.4 is 4.90 Å². The molecule has 206 valence electrons. The van der Waals surface area contributed by atoms with Crippen molar-refractivity contribution >= 4 is 16.7 Å². The number of fused-ring (bicyclic) bond motifs is 1. The van der Waals surface area contributed by atoms with E-state index in [-0.39, 0.29) is 0 Å². The van der Waals surface area contributed by atoms with Crippen LogP contribution in [0.2, 0.25) is 0 Å². The first-order valence-electron chi connectivity index (χ1n) is 14.4. The molecule has 2 atom stereocenters. The van der Waals surface area contributed by atoms with Crippen LogP contribution in [0.4, 0.5) is 5.82 Å². The first kappa shape index (κ1) is 27.0. The van der Waals surface area contributed by atoms with Gasteiger partial charge < -0.3 is 14.4 Å². The molecule has 1 aromatic carbocycles. The second-order valence-electron chi connectivity index (χ2n) is 11.3. The van der Waals surface area contributed by atoms with E-state index < -0.39 is 0 Å². The van der Waals surface area contributed by atoms with Crippen LogP contribution in [0, 0.1) is 19.8 Å². The maximum atomic E-state index is 5.87. The highest BCUT2D eigenvalue weighted by Gasteiger charge is 2.29. The minimum absolute atomic E-state index is 0.575. The summed E-state index contributed by atoms with van der Waals surface area (Å²) >= 11 is 0. The SMILES string of the molecule is CCC(C)COCCN(C)c1cc(-n2ncc3cc(C)c(C4CCN(C5CCOC5)CC4)cc32)nc(C)n1. The highest BCUT2D eigenvalue weighted by molar-refractivity contribution is 5.82. The highest BCUT2D eigenvalue weighted by atomic mass is 16.5. The highest BCUT2D eigenvalue weighted by Crippen LogP contribution is 2.34. The van der Waals surface area contributed by atoms with Crippen LogP contribution in [0.5, 0.6) is 0 Å². The molecule has 38 heavy (non-hydrogen) atoms. The van der Waals surface area contributed by atoms with E-state index in [9.17, 15) is 0 Å².